The molecule has 2 aliphatic rings. The summed E-state index contributed by atoms with van der Waals surface area (Å²) in [6.07, 6.45) is 7.92. The van der Waals surface area contributed by atoms with Gasteiger partial charge in [0.2, 0.25) is 5.89 Å². The number of aromatic nitrogens is 3. The molecule has 2 fully saturated rings. The van der Waals surface area contributed by atoms with Crippen LogP contribution in [-0.2, 0) is 13.0 Å². The number of ether oxygens (including phenoxy) is 1. The van der Waals surface area contributed by atoms with Gasteiger partial charge < -0.3 is 14.4 Å². The first-order valence-corrected chi connectivity index (χ1v) is 8.89. The Labute approximate surface area is 147 Å². The van der Waals surface area contributed by atoms with Gasteiger partial charge in [-0.2, -0.15) is 4.98 Å². The topological polar surface area (TPSA) is 84.5 Å². The summed E-state index contributed by atoms with van der Waals surface area (Å²) in [7, 11) is 1.67. The Morgan fingerprint density at radius 2 is 2.32 bits per heavy atom. The molecule has 1 aliphatic carbocycles. The van der Waals surface area contributed by atoms with E-state index >= 15 is 0 Å². The number of likely N-dealkylation sites (tertiary alicyclic amines) is 1. The van der Waals surface area contributed by atoms with Crippen molar-refractivity contribution in [3.05, 3.63) is 35.7 Å². The second kappa shape index (κ2) is 6.72. The lowest BCUT2D eigenvalue weighted by Crippen LogP contribution is -2.49. The highest BCUT2D eigenvalue weighted by Gasteiger charge is 2.36. The SMILES string of the molecule is COc1ccncc1CN1CCCC(O)(Cc2nc(C3CC3)no2)C1. The molecule has 1 N–H and O–H groups in total. The van der Waals surface area contributed by atoms with Gasteiger partial charge in [-0.1, -0.05) is 5.16 Å². The van der Waals surface area contributed by atoms with Crippen molar-refractivity contribution in [2.24, 2.45) is 0 Å². The molecule has 134 valence electrons. The van der Waals surface area contributed by atoms with Gasteiger partial charge in [-0.25, -0.2) is 0 Å². The quantitative estimate of drug-likeness (QED) is 0.857. The van der Waals surface area contributed by atoms with Crippen LogP contribution in [0, 0.1) is 0 Å². The van der Waals surface area contributed by atoms with E-state index in [-0.39, 0.29) is 0 Å². The normalized spacial score (nSPS) is 24.4. The van der Waals surface area contributed by atoms with Crippen LogP contribution in [0.1, 0.15) is 48.9 Å². The van der Waals surface area contributed by atoms with Gasteiger partial charge in [0.1, 0.15) is 5.75 Å². The minimum atomic E-state index is -0.832. The van der Waals surface area contributed by atoms with Gasteiger partial charge in [0.25, 0.3) is 0 Å². The molecule has 7 heteroatoms. The number of nitrogens with zero attached hydrogens (tertiary/aromatic N) is 4. The molecule has 0 bridgehead atoms. The Hall–Kier alpha value is -1.99. The van der Waals surface area contributed by atoms with Gasteiger partial charge in [-0.3, -0.25) is 9.88 Å². The first-order valence-electron chi connectivity index (χ1n) is 8.89. The molecular weight excluding hydrogens is 320 g/mol. The molecule has 1 unspecified atom stereocenters. The van der Waals surface area contributed by atoms with E-state index in [0.717, 1.165) is 49.4 Å². The maximum absolute atomic E-state index is 11.0. The smallest absolute Gasteiger partial charge is 0.229 e. The van der Waals surface area contributed by atoms with Crippen LogP contribution in [-0.4, -0.2) is 50.9 Å². The van der Waals surface area contributed by atoms with E-state index in [1.807, 2.05) is 12.3 Å². The minimum Gasteiger partial charge on any atom is -0.496 e. The van der Waals surface area contributed by atoms with Gasteiger partial charge >= 0.3 is 0 Å². The number of β-amino-alcohol motifs (C(OH)–C–C–N with tert-alkyl or cyclic N) is 1. The maximum atomic E-state index is 11.0. The van der Waals surface area contributed by atoms with Crippen molar-refractivity contribution in [1.29, 1.82) is 0 Å². The predicted molar refractivity (Wildman–Crippen MR) is 90.2 cm³/mol. The number of methoxy groups -OCH3 is 1. The fourth-order valence-corrected chi connectivity index (χ4v) is 3.59. The molecule has 2 aromatic heterocycles. The van der Waals surface area contributed by atoms with Crippen LogP contribution in [0.25, 0.3) is 0 Å². The highest BCUT2D eigenvalue weighted by atomic mass is 16.5. The van der Waals surface area contributed by atoms with Crippen molar-refractivity contribution in [3.8, 4) is 5.75 Å². The van der Waals surface area contributed by atoms with E-state index in [0.29, 0.717) is 31.3 Å². The van der Waals surface area contributed by atoms with Gasteiger partial charge in [0.05, 0.1) is 19.1 Å². The molecule has 1 saturated carbocycles. The molecule has 25 heavy (non-hydrogen) atoms. The maximum Gasteiger partial charge on any atom is 0.229 e. The summed E-state index contributed by atoms with van der Waals surface area (Å²) in [6.45, 7) is 2.22. The number of aliphatic hydroxyl groups is 1. The van der Waals surface area contributed by atoms with Crippen molar-refractivity contribution < 1.29 is 14.4 Å². The summed E-state index contributed by atoms with van der Waals surface area (Å²) >= 11 is 0. The van der Waals surface area contributed by atoms with Crippen LogP contribution >= 0.6 is 0 Å². The third kappa shape index (κ3) is 3.82. The second-order valence-corrected chi connectivity index (χ2v) is 7.22. The molecule has 0 amide bonds. The van der Waals surface area contributed by atoms with Crippen LogP contribution in [0.3, 0.4) is 0 Å². The zero-order valence-corrected chi connectivity index (χ0v) is 14.5. The number of piperidine rings is 1. The first kappa shape index (κ1) is 16.5. The molecule has 3 heterocycles. The third-order valence-corrected chi connectivity index (χ3v) is 5.01. The minimum absolute atomic E-state index is 0.410. The van der Waals surface area contributed by atoms with Crippen molar-refractivity contribution in [2.45, 2.75) is 50.2 Å². The molecular formula is C18H24N4O3. The van der Waals surface area contributed by atoms with Crippen molar-refractivity contribution in [3.63, 3.8) is 0 Å². The molecule has 7 nitrogen and oxygen atoms in total. The van der Waals surface area contributed by atoms with Crippen molar-refractivity contribution in [2.75, 3.05) is 20.2 Å². The van der Waals surface area contributed by atoms with Gasteiger partial charge in [0.15, 0.2) is 5.82 Å². The molecule has 1 atom stereocenters. The summed E-state index contributed by atoms with van der Waals surface area (Å²) in [4.78, 5) is 10.9. The molecule has 1 aliphatic heterocycles. The molecule has 2 aromatic rings. The third-order valence-electron chi connectivity index (χ3n) is 5.01. The molecule has 0 radical (unpaired) electrons. The number of rotatable bonds is 6. The fourth-order valence-electron chi connectivity index (χ4n) is 3.59. The van der Waals surface area contributed by atoms with E-state index in [2.05, 4.69) is 20.0 Å². The summed E-state index contributed by atoms with van der Waals surface area (Å²) in [5.74, 6) is 2.64. The Morgan fingerprint density at radius 3 is 3.12 bits per heavy atom. The van der Waals surface area contributed by atoms with Crippen molar-refractivity contribution >= 4 is 0 Å². The van der Waals surface area contributed by atoms with Crippen LogP contribution in [0.5, 0.6) is 5.75 Å². The lowest BCUT2D eigenvalue weighted by atomic mass is 9.89. The summed E-state index contributed by atoms with van der Waals surface area (Å²) in [5, 5.41) is 15.1. The van der Waals surface area contributed by atoms with E-state index < -0.39 is 5.60 Å². The average Bonchev–Trinajstić information content (AvgIpc) is 3.35. The van der Waals surface area contributed by atoms with Gasteiger partial charge in [0, 0.05) is 37.0 Å². The Morgan fingerprint density at radius 1 is 1.44 bits per heavy atom. The Bertz CT molecular complexity index is 731. The van der Waals surface area contributed by atoms with Gasteiger partial charge in [-0.05, 0) is 38.3 Å². The van der Waals surface area contributed by atoms with Crippen LogP contribution in [0.15, 0.2) is 23.0 Å². The van der Waals surface area contributed by atoms with Crippen molar-refractivity contribution in [1.82, 2.24) is 20.0 Å². The van der Waals surface area contributed by atoms with Crippen LogP contribution in [0.2, 0.25) is 0 Å². The molecule has 0 spiro atoms. The first-order chi connectivity index (χ1) is 12.1. The summed E-state index contributed by atoms with van der Waals surface area (Å²) < 4.78 is 10.8. The summed E-state index contributed by atoms with van der Waals surface area (Å²) in [6, 6.07) is 1.86. The van der Waals surface area contributed by atoms with E-state index in [1.54, 1.807) is 13.3 Å². The fraction of sp³-hybridized carbons (Fsp3) is 0.611. The second-order valence-electron chi connectivity index (χ2n) is 7.22. The Kier molecular flexibility index (Phi) is 4.43. The zero-order chi connectivity index (χ0) is 17.3. The monoisotopic (exact) mass is 344 g/mol. The van der Waals surface area contributed by atoms with E-state index in [4.69, 9.17) is 9.26 Å². The highest BCUT2D eigenvalue weighted by molar-refractivity contribution is 5.29. The number of hydrogen-bond donors (Lipinski definition) is 1. The number of pyridine rings is 1. The van der Waals surface area contributed by atoms with Crippen LogP contribution < -0.4 is 4.74 Å². The lowest BCUT2D eigenvalue weighted by molar-refractivity contribution is -0.0375. The highest BCUT2D eigenvalue weighted by Crippen LogP contribution is 2.38. The molecule has 4 rings (SSSR count). The van der Waals surface area contributed by atoms with Crippen LogP contribution in [0.4, 0.5) is 0 Å². The zero-order valence-electron chi connectivity index (χ0n) is 14.5. The Balaban J connectivity index is 1.42. The lowest BCUT2D eigenvalue weighted by Gasteiger charge is -2.38. The standard InChI is InChI=1S/C18H24N4O3/c1-24-15-5-7-19-10-14(15)11-22-8-2-6-18(23,12-22)9-16-20-17(21-25-16)13-3-4-13/h5,7,10,13,23H,2-4,6,8-9,11-12H2,1H3. The molecule has 1 saturated heterocycles. The average molecular weight is 344 g/mol. The van der Waals surface area contributed by atoms with E-state index in [9.17, 15) is 5.11 Å². The predicted octanol–water partition coefficient (Wildman–Crippen LogP) is 1.92. The molecule has 0 aromatic carbocycles. The van der Waals surface area contributed by atoms with Gasteiger partial charge in [-0.15, -0.1) is 0 Å². The number of hydrogen-bond acceptors (Lipinski definition) is 7. The van der Waals surface area contributed by atoms with E-state index in [1.165, 1.54) is 0 Å². The summed E-state index contributed by atoms with van der Waals surface area (Å²) in [5.41, 5.74) is 0.198. The largest absolute Gasteiger partial charge is 0.496 e.